The number of amides is 2. The number of carbonyl (C=O) groups excluding carboxylic acids is 2. The number of halogens is 1. The molecule has 0 radical (unpaired) electrons. The Morgan fingerprint density at radius 2 is 1.65 bits per heavy atom. The van der Waals surface area contributed by atoms with Gasteiger partial charge in [0.1, 0.15) is 5.82 Å². The molecule has 3 aromatic rings. The molecule has 12 heteroatoms. The highest BCUT2D eigenvalue weighted by molar-refractivity contribution is 8.00. The van der Waals surface area contributed by atoms with Crippen LogP contribution in [0.25, 0.3) is 0 Å². The van der Waals surface area contributed by atoms with Crippen molar-refractivity contribution in [3.63, 3.8) is 0 Å². The zero-order valence-electron chi connectivity index (χ0n) is 15.8. The summed E-state index contributed by atoms with van der Waals surface area (Å²) in [5.41, 5.74) is 1.24. The van der Waals surface area contributed by atoms with Gasteiger partial charge < -0.3 is 0 Å². The van der Waals surface area contributed by atoms with E-state index in [0.29, 0.717) is 15.8 Å². The van der Waals surface area contributed by atoms with Gasteiger partial charge in [-0.15, -0.1) is 10.2 Å². The van der Waals surface area contributed by atoms with Crippen molar-refractivity contribution in [1.29, 1.82) is 0 Å². The van der Waals surface area contributed by atoms with Gasteiger partial charge in [-0.1, -0.05) is 35.2 Å². The van der Waals surface area contributed by atoms with E-state index < -0.39 is 10.0 Å². The Kier molecular flexibility index (Phi) is 6.03. The minimum absolute atomic E-state index is 0.0361. The van der Waals surface area contributed by atoms with Crippen LogP contribution in [0.15, 0.2) is 57.8 Å². The smallest absolute Gasteiger partial charge is 0.263 e. The Morgan fingerprint density at radius 1 is 1.00 bits per heavy atom. The van der Waals surface area contributed by atoms with E-state index >= 15 is 0 Å². The highest BCUT2D eigenvalue weighted by Crippen LogP contribution is 2.30. The first kappa shape index (κ1) is 21.4. The maximum atomic E-state index is 13.0. The van der Waals surface area contributed by atoms with Crippen LogP contribution in [0.2, 0.25) is 0 Å². The quantitative estimate of drug-likeness (QED) is 0.409. The van der Waals surface area contributed by atoms with E-state index in [9.17, 15) is 22.4 Å². The second-order valence-electron chi connectivity index (χ2n) is 6.51. The van der Waals surface area contributed by atoms with E-state index in [0.717, 1.165) is 21.8 Å². The minimum Gasteiger partial charge on any atom is -0.274 e. The van der Waals surface area contributed by atoms with Crippen molar-refractivity contribution >= 4 is 55.8 Å². The summed E-state index contributed by atoms with van der Waals surface area (Å²) in [7, 11) is -3.92. The summed E-state index contributed by atoms with van der Waals surface area (Å²) in [6.45, 7) is 0. The fourth-order valence-electron chi connectivity index (χ4n) is 2.85. The fourth-order valence-corrected chi connectivity index (χ4v) is 5.79. The molecular weight excluding hydrogens is 463 g/mol. The number of nitrogens with zero attached hydrogens (tertiary/aromatic N) is 3. The summed E-state index contributed by atoms with van der Waals surface area (Å²) in [6, 6.07) is 11.6. The van der Waals surface area contributed by atoms with E-state index in [1.54, 1.807) is 12.1 Å². The first-order valence-corrected chi connectivity index (χ1v) is 12.3. The number of sulfonamides is 1. The predicted octanol–water partition coefficient (Wildman–Crippen LogP) is 3.42. The van der Waals surface area contributed by atoms with Gasteiger partial charge >= 0.3 is 0 Å². The monoisotopic (exact) mass is 478 g/mol. The number of rotatable bonds is 7. The van der Waals surface area contributed by atoms with Crippen LogP contribution in [0, 0.1) is 5.82 Å². The Morgan fingerprint density at radius 3 is 2.29 bits per heavy atom. The summed E-state index contributed by atoms with van der Waals surface area (Å²) >= 11 is 2.44. The number of imide groups is 1. The highest BCUT2D eigenvalue weighted by atomic mass is 32.2. The predicted molar refractivity (Wildman–Crippen MR) is 115 cm³/mol. The average Bonchev–Trinajstić information content (AvgIpc) is 3.33. The molecule has 2 amide bonds. The van der Waals surface area contributed by atoms with Crippen molar-refractivity contribution in [1.82, 2.24) is 10.2 Å². The molecule has 0 unspecified atom stereocenters. The Hall–Kier alpha value is -2.83. The summed E-state index contributed by atoms with van der Waals surface area (Å²) in [5, 5.41) is 7.92. The van der Waals surface area contributed by atoms with Crippen LogP contribution in [0.5, 0.6) is 0 Å². The second-order valence-corrected chi connectivity index (χ2v) is 10.4. The SMILES string of the molecule is O=C1CCC(=O)N1c1ccc(S(=O)(=O)Nc2nnc(SCc3ccc(F)cc3)s2)cc1. The van der Waals surface area contributed by atoms with Gasteiger partial charge in [0, 0.05) is 18.6 Å². The molecule has 1 saturated heterocycles. The summed E-state index contributed by atoms with van der Waals surface area (Å²) in [5.74, 6) is -0.388. The number of nitrogens with one attached hydrogen (secondary N) is 1. The van der Waals surface area contributed by atoms with Crippen LogP contribution >= 0.6 is 23.1 Å². The van der Waals surface area contributed by atoms with Crippen molar-refractivity contribution in [2.45, 2.75) is 27.8 Å². The molecule has 0 bridgehead atoms. The lowest BCUT2D eigenvalue weighted by Crippen LogP contribution is -2.28. The van der Waals surface area contributed by atoms with E-state index in [4.69, 9.17) is 0 Å². The molecule has 0 aliphatic carbocycles. The first-order chi connectivity index (χ1) is 14.8. The molecule has 4 rings (SSSR count). The van der Waals surface area contributed by atoms with Gasteiger partial charge in [-0.3, -0.25) is 19.2 Å². The third-order valence-electron chi connectivity index (χ3n) is 4.36. The van der Waals surface area contributed by atoms with Crippen LogP contribution in [0.3, 0.4) is 0 Å². The molecule has 160 valence electrons. The zero-order chi connectivity index (χ0) is 22.0. The van der Waals surface area contributed by atoms with Crippen LogP contribution in [0.4, 0.5) is 15.2 Å². The minimum atomic E-state index is -3.92. The van der Waals surface area contributed by atoms with Gasteiger partial charge in [-0.2, -0.15) is 0 Å². The Labute approximate surface area is 185 Å². The molecule has 1 aromatic heterocycles. The van der Waals surface area contributed by atoms with E-state index in [2.05, 4.69) is 14.9 Å². The van der Waals surface area contributed by atoms with E-state index in [-0.39, 0.29) is 40.5 Å². The molecule has 1 fully saturated rings. The lowest BCUT2D eigenvalue weighted by Gasteiger charge is -2.14. The molecule has 1 aliphatic heterocycles. The van der Waals surface area contributed by atoms with Gasteiger partial charge in [-0.05, 0) is 42.0 Å². The zero-order valence-corrected chi connectivity index (χ0v) is 18.3. The van der Waals surface area contributed by atoms with Gasteiger partial charge in [0.2, 0.25) is 16.9 Å². The van der Waals surface area contributed by atoms with Crippen LogP contribution < -0.4 is 9.62 Å². The third kappa shape index (κ3) is 4.92. The van der Waals surface area contributed by atoms with Crippen molar-refractivity contribution in [3.8, 4) is 0 Å². The fraction of sp³-hybridized carbons (Fsp3) is 0.158. The number of aromatic nitrogens is 2. The molecule has 0 saturated carbocycles. The maximum absolute atomic E-state index is 13.0. The van der Waals surface area contributed by atoms with Crippen LogP contribution in [-0.2, 0) is 25.4 Å². The van der Waals surface area contributed by atoms with Crippen molar-refractivity contribution in [2.24, 2.45) is 0 Å². The lowest BCUT2D eigenvalue weighted by atomic mass is 10.2. The Bertz CT molecular complexity index is 1210. The lowest BCUT2D eigenvalue weighted by molar-refractivity contribution is -0.121. The number of hydrogen-bond donors (Lipinski definition) is 1. The van der Waals surface area contributed by atoms with Gasteiger partial charge in [0.25, 0.3) is 10.0 Å². The van der Waals surface area contributed by atoms with Gasteiger partial charge in [0.05, 0.1) is 10.6 Å². The normalized spacial score (nSPS) is 14.3. The first-order valence-electron chi connectivity index (χ1n) is 9.01. The topological polar surface area (TPSA) is 109 Å². The maximum Gasteiger partial charge on any atom is 0.263 e. The second kappa shape index (κ2) is 8.73. The molecule has 0 atom stereocenters. The van der Waals surface area contributed by atoms with Gasteiger partial charge in [-0.25, -0.2) is 12.8 Å². The van der Waals surface area contributed by atoms with Crippen LogP contribution in [-0.4, -0.2) is 30.4 Å². The molecule has 1 aliphatic rings. The molecule has 1 N–H and O–H groups in total. The summed E-state index contributed by atoms with van der Waals surface area (Å²) in [4.78, 5) is 24.6. The van der Waals surface area contributed by atoms with E-state index in [1.165, 1.54) is 48.2 Å². The molecular formula is C19H15FN4O4S3. The highest BCUT2D eigenvalue weighted by Gasteiger charge is 2.30. The number of carbonyl (C=O) groups is 2. The van der Waals surface area contributed by atoms with Crippen molar-refractivity contribution < 1.29 is 22.4 Å². The van der Waals surface area contributed by atoms with Gasteiger partial charge in [0.15, 0.2) is 4.34 Å². The number of hydrogen-bond acceptors (Lipinski definition) is 8. The molecule has 31 heavy (non-hydrogen) atoms. The largest absolute Gasteiger partial charge is 0.274 e. The number of benzene rings is 2. The number of anilines is 2. The Balaban J connectivity index is 1.41. The van der Waals surface area contributed by atoms with Crippen molar-refractivity contribution in [3.05, 3.63) is 59.9 Å². The molecule has 0 spiro atoms. The standard InChI is InChI=1S/C19H15FN4O4S3/c20-13-3-1-12(2-4-13)11-29-19-22-21-18(30-19)23-31(27,28)15-7-5-14(6-8-15)24-16(25)9-10-17(24)26/h1-8H,9-11H2,(H,21,23). The molecule has 8 nitrogen and oxygen atoms in total. The average molecular weight is 479 g/mol. The van der Waals surface area contributed by atoms with E-state index in [1.807, 2.05) is 0 Å². The third-order valence-corrected chi connectivity index (χ3v) is 7.89. The molecule has 2 heterocycles. The summed E-state index contributed by atoms with van der Waals surface area (Å²) in [6.07, 6.45) is 0.304. The summed E-state index contributed by atoms with van der Waals surface area (Å²) < 4.78 is 41.1. The van der Waals surface area contributed by atoms with Crippen LogP contribution in [0.1, 0.15) is 18.4 Å². The molecule has 2 aromatic carbocycles. The van der Waals surface area contributed by atoms with Crippen molar-refractivity contribution in [2.75, 3.05) is 9.62 Å². The number of thioether (sulfide) groups is 1.